The van der Waals surface area contributed by atoms with Crippen LogP contribution < -0.4 is 0 Å². The zero-order chi connectivity index (χ0) is 25.9. The minimum absolute atomic E-state index is 0.0127. The number of benzene rings is 1. The molecule has 0 amide bonds. The van der Waals surface area contributed by atoms with Gasteiger partial charge in [0, 0.05) is 11.5 Å². The van der Waals surface area contributed by atoms with Crippen LogP contribution in [0.3, 0.4) is 0 Å². The van der Waals surface area contributed by atoms with Gasteiger partial charge in [0.15, 0.2) is 0 Å². The van der Waals surface area contributed by atoms with Gasteiger partial charge in [-0.15, -0.1) is 0 Å². The van der Waals surface area contributed by atoms with E-state index in [-0.39, 0.29) is 18.1 Å². The van der Waals surface area contributed by atoms with Gasteiger partial charge in [-0.05, 0) is 56.9 Å². The summed E-state index contributed by atoms with van der Waals surface area (Å²) < 4.78 is 96.2. The maximum absolute atomic E-state index is 13.5. The smallest absolute Gasteiger partial charge is 0.417 e. The minimum Gasteiger partial charge on any atom is -0.455 e. The molecule has 0 N–H and O–H groups in total. The second-order valence-electron chi connectivity index (χ2n) is 9.23. The van der Waals surface area contributed by atoms with Gasteiger partial charge in [-0.2, -0.15) is 26.3 Å². The fourth-order valence-electron chi connectivity index (χ4n) is 4.65. The highest BCUT2D eigenvalue weighted by Crippen LogP contribution is 2.50. The van der Waals surface area contributed by atoms with Gasteiger partial charge in [0.25, 0.3) is 0 Å². The maximum Gasteiger partial charge on any atom is 0.417 e. The average molecular weight is 504 g/mol. The first-order valence-corrected chi connectivity index (χ1v) is 10.9. The lowest BCUT2D eigenvalue weighted by Gasteiger charge is -2.26. The predicted molar refractivity (Wildman–Crippen MR) is 109 cm³/mol. The number of rotatable bonds is 2. The molecule has 0 bridgehead atoms. The quantitative estimate of drug-likeness (QED) is 0.172. The molecule has 0 spiro atoms. The Balaban J connectivity index is 1.65. The molecule has 0 saturated carbocycles. The van der Waals surface area contributed by atoms with E-state index < -0.39 is 70.8 Å². The van der Waals surface area contributed by atoms with Gasteiger partial charge in [-0.1, -0.05) is 12.7 Å². The fraction of sp³-hybridized carbons (Fsp3) is 0.500. The number of ether oxygens (including phenoxy) is 3. The first kappa shape index (κ1) is 25.3. The molecule has 2 saturated heterocycles. The summed E-state index contributed by atoms with van der Waals surface area (Å²) in [4.78, 5) is 25.0. The van der Waals surface area contributed by atoms with E-state index in [1.165, 1.54) is 0 Å². The average Bonchev–Trinajstić information content (AvgIpc) is 3.34. The Morgan fingerprint density at radius 2 is 1.86 bits per heavy atom. The van der Waals surface area contributed by atoms with Crippen LogP contribution in [-0.4, -0.2) is 35.9 Å². The van der Waals surface area contributed by atoms with Crippen LogP contribution in [0, 0.1) is 5.92 Å². The van der Waals surface area contributed by atoms with Gasteiger partial charge in [0.05, 0.1) is 22.3 Å². The van der Waals surface area contributed by atoms with Gasteiger partial charge >= 0.3 is 24.3 Å². The van der Waals surface area contributed by atoms with Crippen LogP contribution in [0.15, 0.2) is 42.0 Å². The van der Waals surface area contributed by atoms with Crippen LogP contribution in [-0.2, 0) is 31.4 Å². The molecule has 2 heterocycles. The summed E-state index contributed by atoms with van der Waals surface area (Å²) in [5.41, 5.74) is -4.18. The van der Waals surface area contributed by atoms with Crippen molar-refractivity contribution in [1.29, 1.82) is 0 Å². The molecule has 2 fully saturated rings. The van der Waals surface area contributed by atoms with Crippen molar-refractivity contribution in [2.75, 3.05) is 0 Å². The lowest BCUT2D eigenvalue weighted by atomic mass is 9.83. The van der Waals surface area contributed by atoms with E-state index in [9.17, 15) is 35.9 Å². The van der Waals surface area contributed by atoms with Gasteiger partial charge in [0.1, 0.15) is 18.3 Å². The third-order valence-electron chi connectivity index (χ3n) is 6.79. The topological polar surface area (TPSA) is 65.1 Å². The Morgan fingerprint density at radius 3 is 2.49 bits per heavy atom. The van der Waals surface area contributed by atoms with Crippen molar-refractivity contribution in [3.63, 3.8) is 0 Å². The van der Waals surface area contributed by atoms with E-state index in [1.54, 1.807) is 13.0 Å². The largest absolute Gasteiger partial charge is 0.455 e. The number of esters is 2. The summed E-state index contributed by atoms with van der Waals surface area (Å²) in [6.07, 6.45) is -9.58. The number of alkyl halides is 6. The van der Waals surface area contributed by atoms with E-state index in [0.29, 0.717) is 30.5 Å². The molecular formula is C24H22F6O5. The summed E-state index contributed by atoms with van der Waals surface area (Å²) in [6, 6.07) is 0.744. The zero-order valence-electron chi connectivity index (χ0n) is 18.8. The number of carbonyl (C=O) groups is 2. The summed E-state index contributed by atoms with van der Waals surface area (Å²) in [7, 11) is 0. The molecule has 1 aromatic rings. The molecule has 2 aliphatic heterocycles. The number of carbonyl (C=O) groups excluding carboxylic acids is 2. The van der Waals surface area contributed by atoms with Crippen molar-refractivity contribution in [2.24, 2.45) is 5.92 Å². The van der Waals surface area contributed by atoms with Crippen LogP contribution in [0.5, 0.6) is 0 Å². The van der Waals surface area contributed by atoms with Crippen molar-refractivity contribution < 1.29 is 50.1 Å². The molecule has 1 aliphatic carbocycles. The third-order valence-corrected chi connectivity index (χ3v) is 6.79. The van der Waals surface area contributed by atoms with Crippen molar-refractivity contribution in [3.05, 3.63) is 58.7 Å². The molecular weight excluding hydrogens is 482 g/mol. The summed E-state index contributed by atoms with van der Waals surface area (Å²) >= 11 is 0. The standard InChI is InChI=1S/C24H22F6O5/c1-11-5-4-8-22(3)19(35-22)18-15(12(2)20(31)34-18)10-17(11)33-21(32)14-7-6-13(23(25,26)27)9-16(14)24(28,29)30/h5-7,9,15,17-19H,2,4,8,10H2,1,3H3/t15-,17?,18-,19+,22+/m0/s1. The number of halogens is 6. The molecule has 1 unspecified atom stereocenters. The first-order chi connectivity index (χ1) is 16.1. The number of epoxide rings is 1. The summed E-state index contributed by atoms with van der Waals surface area (Å²) in [5, 5.41) is 0. The Bertz CT molecular complexity index is 1100. The monoisotopic (exact) mass is 504 g/mol. The molecule has 1 aromatic carbocycles. The Morgan fingerprint density at radius 1 is 1.17 bits per heavy atom. The second-order valence-corrected chi connectivity index (χ2v) is 9.23. The van der Waals surface area contributed by atoms with Crippen molar-refractivity contribution in [1.82, 2.24) is 0 Å². The SMILES string of the molecule is C=C1C(=O)O[C@@H]2[C@H]3O[C@]3(C)CCC=C(C)C(OC(=O)c3ccc(C(F)(F)F)cc3C(F)(F)F)C[C@@H]12. The van der Waals surface area contributed by atoms with E-state index in [2.05, 4.69) is 6.58 Å². The zero-order valence-corrected chi connectivity index (χ0v) is 18.8. The van der Waals surface area contributed by atoms with Crippen molar-refractivity contribution in [2.45, 2.75) is 69.4 Å². The van der Waals surface area contributed by atoms with Gasteiger partial charge in [-0.25, -0.2) is 9.59 Å². The second kappa shape index (κ2) is 8.39. The summed E-state index contributed by atoms with van der Waals surface area (Å²) in [5.74, 6) is -2.69. The highest BCUT2D eigenvalue weighted by atomic mass is 19.4. The van der Waals surface area contributed by atoms with Gasteiger partial charge in [-0.3, -0.25) is 0 Å². The van der Waals surface area contributed by atoms with Crippen molar-refractivity contribution >= 4 is 11.9 Å². The van der Waals surface area contributed by atoms with E-state index >= 15 is 0 Å². The van der Waals surface area contributed by atoms with Crippen LogP contribution in [0.25, 0.3) is 0 Å². The molecule has 4 rings (SSSR count). The minimum atomic E-state index is -5.23. The van der Waals surface area contributed by atoms with Crippen LogP contribution in [0.4, 0.5) is 26.3 Å². The first-order valence-electron chi connectivity index (χ1n) is 10.9. The van der Waals surface area contributed by atoms with E-state index in [4.69, 9.17) is 14.2 Å². The lowest BCUT2D eigenvalue weighted by molar-refractivity contribution is -0.143. The summed E-state index contributed by atoms with van der Waals surface area (Å²) in [6.45, 7) is 7.26. The van der Waals surface area contributed by atoms with Gasteiger partial charge in [0.2, 0.25) is 0 Å². The normalized spacial score (nSPS) is 31.1. The van der Waals surface area contributed by atoms with Crippen molar-refractivity contribution in [3.8, 4) is 0 Å². The van der Waals surface area contributed by atoms with E-state index in [1.807, 2.05) is 6.92 Å². The van der Waals surface area contributed by atoms with Crippen LogP contribution >= 0.6 is 0 Å². The molecule has 3 aliphatic rings. The Labute approximate surface area is 196 Å². The van der Waals surface area contributed by atoms with Gasteiger partial charge < -0.3 is 14.2 Å². The maximum atomic E-state index is 13.5. The fourth-order valence-corrected chi connectivity index (χ4v) is 4.65. The number of hydrogen-bond donors (Lipinski definition) is 0. The molecule has 5 atom stereocenters. The van der Waals surface area contributed by atoms with Crippen LogP contribution in [0.1, 0.15) is 54.6 Å². The number of fused-ring (bicyclic) bond motifs is 3. The molecule has 5 nitrogen and oxygen atoms in total. The number of allylic oxidation sites excluding steroid dienone is 1. The molecule has 0 radical (unpaired) electrons. The van der Waals surface area contributed by atoms with Crippen LogP contribution in [0.2, 0.25) is 0 Å². The number of hydrogen-bond acceptors (Lipinski definition) is 5. The highest BCUT2D eigenvalue weighted by molar-refractivity contribution is 5.92. The lowest BCUT2D eigenvalue weighted by Crippen LogP contribution is -2.33. The molecule has 190 valence electrons. The third kappa shape index (κ3) is 4.82. The van der Waals surface area contributed by atoms with E-state index in [0.717, 1.165) is 0 Å². The Hall–Kier alpha value is -2.82. The molecule has 11 heteroatoms. The predicted octanol–water partition coefficient (Wildman–Crippen LogP) is 5.64. The Kier molecular flexibility index (Phi) is 6.06. The molecule has 0 aromatic heterocycles. The highest BCUT2D eigenvalue weighted by Gasteiger charge is 2.62. The molecule has 35 heavy (non-hydrogen) atoms.